The maximum absolute atomic E-state index is 13.0. The highest BCUT2D eigenvalue weighted by molar-refractivity contribution is 5.95. The van der Waals surface area contributed by atoms with Crippen LogP contribution in [0.4, 0.5) is 19.1 Å². The molecule has 7 nitrogen and oxygen atoms in total. The first-order valence-electron chi connectivity index (χ1n) is 10.9. The van der Waals surface area contributed by atoms with Crippen molar-refractivity contribution in [2.75, 3.05) is 12.8 Å². The van der Waals surface area contributed by atoms with E-state index < -0.39 is 12.2 Å². The van der Waals surface area contributed by atoms with Crippen molar-refractivity contribution >= 4 is 22.5 Å². The summed E-state index contributed by atoms with van der Waals surface area (Å²) in [6, 6.07) is 3.70. The number of rotatable bonds is 4. The second-order valence-corrected chi connectivity index (χ2v) is 8.93. The number of ether oxygens (including phenoxy) is 1. The summed E-state index contributed by atoms with van der Waals surface area (Å²) in [4.78, 5) is 9.20. The van der Waals surface area contributed by atoms with E-state index in [1.54, 1.807) is 17.7 Å². The molecule has 2 aromatic heterocycles. The molecule has 0 radical (unpaired) electrons. The lowest BCUT2D eigenvalue weighted by Crippen LogP contribution is -2.40. The van der Waals surface area contributed by atoms with Crippen LogP contribution in [-0.2, 0) is 0 Å². The molecule has 4 N–H and O–H groups in total. The van der Waals surface area contributed by atoms with Crippen LogP contribution in [-0.4, -0.2) is 38.9 Å². The van der Waals surface area contributed by atoms with E-state index in [1.807, 2.05) is 31.2 Å². The van der Waals surface area contributed by atoms with Crippen LogP contribution in [0.15, 0.2) is 41.5 Å². The minimum Gasteiger partial charge on any atom is -0.494 e. The van der Waals surface area contributed by atoms with Gasteiger partial charge in [0.05, 0.1) is 7.11 Å². The Morgan fingerprint density at radius 1 is 1.15 bits per heavy atom. The van der Waals surface area contributed by atoms with Crippen LogP contribution < -0.4 is 16.2 Å². The van der Waals surface area contributed by atoms with E-state index in [4.69, 9.17) is 21.2 Å². The van der Waals surface area contributed by atoms with Gasteiger partial charge in [-0.3, -0.25) is 0 Å². The van der Waals surface area contributed by atoms with Crippen molar-refractivity contribution in [2.45, 2.75) is 44.3 Å². The average Bonchev–Trinajstić information content (AvgIpc) is 3.18. The maximum atomic E-state index is 13.0. The van der Waals surface area contributed by atoms with Gasteiger partial charge in [-0.2, -0.15) is 17.7 Å². The summed E-state index contributed by atoms with van der Waals surface area (Å²) >= 11 is 0. The van der Waals surface area contributed by atoms with Gasteiger partial charge in [0.2, 0.25) is 5.95 Å². The minimum absolute atomic E-state index is 0.0228. The van der Waals surface area contributed by atoms with Gasteiger partial charge in [-0.1, -0.05) is 30.7 Å². The molecule has 0 spiro atoms. The van der Waals surface area contributed by atoms with E-state index in [9.17, 15) is 13.2 Å². The van der Waals surface area contributed by atoms with E-state index >= 15 is 0 Å². The van der Waals surface area contributed by atoms with Gasteiger partial charge in [0.25, 0.3) is 0 Å². The van der Waals surface area contributed by atoms with Crippen molar-refractivity contribution in [1.29, 1.82) is 0 Å². The number of nitrogens with zero attached hydrogens (tertiary/aromatic N) is 4. The number of hydrogen-bond donors (Lipinski definition) is 2. The molecule has 2 heterocycles. The Kier molecular flexibility index (Phi) is 5.08. The van der Waals surface area contributed by atoms with Gasteiger partial charge in [0.1, 0.15) is 17.3 Å². The zero-order valence-corrected chi connectivity index (χ0v) is 18.3. The summed E-state index contributed by atoms with van der Waals surface area (Å²) in [6.07, 6.45) is 0.978. The van der Waals surface area contributed by atoms with Crippen LogP contribution in [0.25, 0.3) is 16.6 Å². The Morgan fingerprint density at radius 3 is 2.58 bits per heavy atom. The van der Waals surface area contributed by atoms with Crippen molar-refractivity contribution in [1.82, 2.24) is 19.6 Å². The number of alkyl halides is 3. The summed E-state index contributed by atoms with van der Waals surface area (Å²) < 4.78 is 45.8. The van der Waals surface area contributed by atoms with Gasteiger partial charge < -0.3 is 16.2 Å². The number of allylic oxidation sites excluding steroid dienone is 3. The number of benzene rings is 1. The van der Waals surface area contributed by atoms with Crippen molar-refractivity contribution in [3.8, 4) is 5.75 Å². The first-order valence-corrected chi connectivity index (χ1v) is 10.9. The minimum atomic E-state index is -4.42. The molecule has 2 unspecified atom stereocenters. The van der Waals surface area contributed by atoms with E-state index in [2.05, 4.69) is 10.1 Å². The number of halogens is 3. The van der Waals surface area contributed by atoms with E-state index in [0.29, 0.717) is 35.1 Å². The third-order valence-corrected chi connectivity index (χ3v) is 6.85. The molecule has 0 bridgehead atoms. The Morgan fingerprint density at radius 2 is 1.91 bits per heavy atom. The number of hydrogen-bond acceptors (Lipinski definition) is 6. The molecular weight excluding hydrogens is 433 g/mol. The van der Waals surface area contributed by atoms with Crippen molar-refractivity contribution < 1.29 is 17.9 Å². The second kappa shape index (κ2) is 7.72. The molecular formula is C23H25F3N6O. The fourth-order valence-corrected chi connectivity index (χ4v) is 4.97. The SMILES string of the molecule is COc1cccc2c1nc(N)n1nc(C3CC(C4=CC=C(C(N)C(F)(F)F)CC4C)C3)nc21. The molecule has 0 saturated heterocycles. The molecule has 5 rings (SSSR count). The van der Waals surface area contributed by atoms with Crippen LogP contribution in [0.5, 0.6) is 5.75 Å². The van der Waals surface area contributed by atoms with Gasteiger partial charge >= 0.3 is 6.18 Å². The summed E-state index contributed by atoms with van der Waals surface area (Å²) in [5, 5.41) is 5.41. The van der Waals surface area contributed by atoms with Crippen LogP contribution >= 0.6 is 0 Å². The fraction of sp³-hybridized carbons (Fsp3) is 0.435. The monoisotopic (exact) mass is 458 g/mol. The quantitative estimate of drug-likeness (QED) is 0.609. The summed E-state index contributed by atoms with van der Waals surface area (Å²) in [5.41, 5.74) is 14.2. The summed E-state index contributed by atoms with van der Waals surface area (Å²) in [6.45, 7) is 1.96. The molecule has 0 aliphatic heterocycles. The predicted octanol–water partition coefficient (Wildman–Crippen LogP) is 4.14. The first kappa shape index (κ1) is 21.7. The first-order chi connectivity index (χ1) is 15.7. The Bertz CT molecular complexity index is 1290. The molecule has 33 heavy (non-hydrogen) atoms. The molecule has 10 heteroatoms. The molecule has 1 saturated carbocycles. The molecule has 2 atom stereocenters. The second-order valence-electron chi connectivity index (χ2n) is 8.93. The third kappa shape index (κ3) is 3.62. The third-order valence-electron chi connectivity index (χ3n) is 6.85. The largest absolute Gasteiger partial charge is 0.494 e. The van der Waals surface area contributed by atoms with E-state index in [0.717, 1.165) is 18.2 Å². The number of methoxy groups -OCH3 is 1. The molecule has 1 aromatic carbocycles. The van der Waals surface area contributed by atoms with Crippen molar-refractivity contribution in [3.63, 3.8) is 0 Å². The maximum Gasteiger partial charge on any atom is 0.407 e. The van der Waals surface area contributed by atoms with Gasteiger partial charge in [0.15, 0.2) is 11.5 Å². The number of fused-ring (bicyclic) bond motifs is 3. The lowest BCUT2D eigenvalue weighted by atomic mass is 9.66. The summed E-state index contributed by atoms with van der Waals surface area (Å²) in [5.74, 6) is 2.03. The van der Waals surface area contributed by atoms with Crippen LogP contribution in [0.1, 0.15) is 37.9 Å². The molecule has 174 valence electrons. The van der Waals surface area contributed by atoms with Gasteiger partial charge in [-0.15, -0.1) is 5.10 Å². The predicted molar refractivity (Wildman–Crippen MR) is 119 cm³/mol. The number of nitrogen functional groups attached to an aromatic ring is 1. The highest BCUT2D eigenvalue weighted by Crippen LogP contribution is 2.48. The molecule has 2 aliphatic carbocycles. The highest BCUT2D eigenvalue weighted by atomic mass is 19.4. The summed E-state index contributed by atoms with van der Waals surface area (Å²) in [7, 11) is 1.58. The molecule has 3 aromatic rings. The highest BCUT2D eigenvalue weighted by Gasteiger charge is 2.42. The Hall–Kier alpha value is -3.14. The van der Waals surface area contributed by atoms with E-state index in [-0.39, 0.29) is 23.4 Å². The van der Waals surface area contributed by atoms with Crippen LogP contribution in [0.2, 0.25) is 0 Å². The number of nitrogens with two attached hydrogens (primary N) is 2. The van der Waals surface area contributed by atoms with Crippen LogP contribution in [0.3, 0.4) is 0 Å². The van der Waals surface area contributed by atoms with Crippen molar-refractivity contribution in [2.24, 2.45) is 17.6 Å². The molecule has 0 amide bonds. The van der Waals surface area contributed by atoms with Crippen LogP contribution in [0, 0.1) is 11.8 Å². The smallest absolute Gasteiger partial charge is 0.407 e. The fourth-order valence-electron chi connectivity index (χ4n) is 4.97. The van der Waals surface area contributed by atoms with Gasteiger partial charge in [-0.05, 0) is 48.8 Å². The molecule has 2 aliphatic rings. The topological polar surface area (TPSA) is 104 Å². The standard InChI is InChI=1S/C23H25F3N6O/c1-11-8-12(19(27)23(24,25)26)6-7-15(11)13-9-14(10-13)20-30-21-16-4-3-5-17(33-2)18(16)29-22(28)32(21)31-20/h3-7,11,13-14,19H,8-10,27H2,1-2H3,(H2,28,29). The lowest BCUT2D eigenvalue weighted by molar-refractivity contribution is -0.139. The lowest BCUT2D eigenvalue weighted by Gasteiger charge is -2.39. The Balaban J connectivity index is 1.38. The number of anilines is 1. The van der Waals surface area contributed by atoms with Gasteiger partial charge in [-0.25, -0.2) is 9.97 Å². The Labute approximate surface area is 188 Å². The zero-order chi connectivity index (χ0) is 23.5. The van der Waals surface area contributed by atoms with E-state index in [1.165, 1.54) is 5.57 Å². The number of aromatic nitrogens is 4. The molecule has 1 fully saturated rings. The average molecular weight is 458 g/mol. The van der Waals surface area contributed by atoms with Crippen molar-refractivity contribution in [3.05, 3.63) is 47.3 Å². The normalized spacial score (nSPS) is 24.4. The number of para-hydroxylation sites is 1. The zero-order valence-electron chi connectivity index (χ0n) is 18.3. The van der Waals surface area contributed by atoms with Gasteiger partial charge in [0, 0.05) is 11.3 Å².